The van der Waals surface area contributed by atoms with Crippen LogP contribution in [0.15, 0.2) is 42.6 Å². The number of pyridine rings is 2. The smallest absolute Gasteiger partial charge is 0.253 e. The number of carbonyl (C=O) groups is 1. The number of amides is 1. The van der Waals surface area contributed by atoms with Gasteiger partial charge in [0.2, 0.25) is 0 Å². The molecule has 25 heavy (non-hydrogen) atoms. The number of aromatic nitrogens is 2. The van der Waals surface area contributed by atoms with Gasteiger partial charge in [-0.05, 0) is 31.2 Å². The summed E-state index contributed by atoms with van der Waals surface area (Å²) < 4.78 is 13.3. The van der Waals surface area contributed by atoms with Gasteiger partial charge in [0.05, 0.1) is 16.8 Å². The van der Waals surface area contributed by atoms with E-state index in [9.17, 15) is 9.18 Å². The average molecular weight is 338 g/mol. The van der Waals surface area contributed by atoms with E-state index in [2.05, 4.69) is 15.3 Å². The van der Waals surface area contributed by atoms with Crippen LogP contribution in [0.3, 0.4) is 0 Å². The fourth-order valence-corrected chi connectivity index (χ4v) is 2.71. The normalized spacial score (nSPS) is 10.7. The van der Waals surface area contributed by atoms with E-state index in [0.717, 1.165) is 16.8 Å². The van der Waals surface area contributed by atoms with Gasteiger partial charge in [-0.25, -0.2) is 9.37 Å². The SMILES string of the molecule is Cc1nc2cc(F)ccc2cc1C(=O)NCc1cccnc1N(C)C. The van der Waals surface area contributed by atoms with E-state index >= 15 is 0 Å². The van der Waals surface area contributed by atoms with Gasteiger partial charge >= 0.3 is 0 Å². The number of benzene rings is 1. The van der Waals surface area contributed by atoms with Gasteiger partial charge < -0.3 is 10.2 Å². The Morgan fingerprint density at radius 3 is 2.80 bits per heavy atom. The number of halogens is 1. The van der Waals surface area contributed by atoms with Crippen LogP contribution in [0.2, 0.25) is 0 Å². The molecule has 1 amide bonds. The summed E-state index contributed by atoms with van der Waals surface area (Å²) in [7, 11) is 3.81. The molecule has 128 valence electrons. The molecule has 0 fully saturated rings. The van der Waals surface area contributed by atoms with Crippen LogP contribution in [0.5, 0.6) is 0 Å². The second-order valence-electron chi connectivity index (χ2n) is 6.02. The standard InChI is InChI=1S/C19H19FN4O/c1-12-16(9-13-6-7-15(20)10-17(13)23-12)19(25)22-11-14-5-4-8-21-18(14)24(2)3/h4-10H,11H2,1-3H3,(H,22,25). The molecule has 0 spiro atoms. The van der Waals surface area contributed by atoms with Crippen molar-refractivity contribution in [1.82, 2.24) is 15.3 Å². The topological polar surface area (TPSA) is 58.1 Å². The minimum absolute atomic E-state index is 0.218. The molecular weight excluding hydrogens is 319 g/mol. The molecule has 6 heteroatoms. The summed E-state index contributed by atoms with van der Waals surface area (Å²) in [6, 6.07) is 9.85. The summed E-state index contributed by atoms with van der Waals surface area (Å²) >= 11 is 0. The molecule has 0 saturated carbocycles. The Kier molecular flexibility index (Phi) is 4.61. The maximum atomic E-state index is 13.3. The van der Waals surface area contributed by atoms with Gasteiger partial charge in [0, 0.05) is 43.9 Å². The highest BCUT2D eigenvalue weighted by Crippen LogP contribution is 2.18. The van der Waals surface area contributed by atoms with Gasteiger partial charge in [0.15, 0.2) is 0 Å². The fraction of sp³-hybridized carbons (Fsp3) is 0.211. The van der Waals surface area contributed by atoms with Crippen LogP contribution in [0.1, 0.15) is 21.6 Å². The molecule has 0 aliphatic rings. The van der Waals surface area contributed by atoms with E-state index in [0.29, 0.717) is 23.3 Å². The third kappa shape index (κ3) is 3.57. The largest absolute Gasteiger partial charge is 0.362 e. The zero-order valence-corrected chi connectivity index (χ0v) is 14.4. The summed E-state index contributed by atoms with van der Waals surface area (Å²) in [6.07, 6.45) is 1.72. The van der Waals surface area contributed by atoms with Crippen LogP contribution in [-0.2, 0) is 6.54 Å². The predicted molar refractivity (Wildman–Crippen MR) is 96.2 cm³/mol. The van der Waals surface area contributed by atoms with E-state index in [1.165, 1.54) is 12.1 Å². The van der Waals surface area contributed by atoms with E-state index < -0.39 is 0 Å². The third-order valence-electron chi connectivity index (χ3n) is 3.95. The average Bonchev–Trinajstić information content (AvgIpc) is 2.59. The first kappa shape index (κ1) is 16.8. The van der Waals surface area contributed by atoms with Gasteiger partial charge in [-0.2, -0.15) is 0 Å². The first-order valence-electron chi connectivity index (χ1n) is 7.92. The molecule has 0 aliphatic carbocycles. The molecular formula is C19H19FN4O. The number of nitrogens with zero attached hydrogens (tertiary/aromatic N) is 3. The molecule has 0 atom stereocenters. The Bertz CT molecular complexity index is 940. The van der Waals surface area contributed by atoms with Crippen LogP contribution in [0.25, 0.3) is 10.9 Å². The van der Waals surface area contributed by atoms with Crippen molar-refractivity contribution in [3.05, 3.63) is 65.2 Å². The van der Waals surface area contributed by atoms with E-state index in [1.807, 2.05) is 31.1 Å². The molecule has 0 aliphatic heterocycles. The van der Waals surface area contributed by atoms with Crippen LogP contribution in [-0.4, -0.2) is 30.0 Å². The van der Waals surface area contributed by atoms with Crippen molar-refractivity contribution in [3.63, 3.8) is 0 Å². The van der Waals surface area contributed by atoms with Crippen LogP contribution < -0.4 is 10.2 Å². The van der Waals surface area contributed by atoms with Gasteiger partial charge in [-0.1, -0.05) is 6.07 Å². The van der Waals surface area contributed by atoms with Crippen molar-refractivity contribution in [2.24, 2.45) is 0 Å². The summed E-state index contributed by atoms with van der Waals surface area (Å²) in [6.45, 7) is 2.11. The lowest BCUT2D eigenvalue weighted by atomic mass is 10.1. The molecule has 3 rings (SSSR count). The Morgan fingerprint density at radius 2 is 2.04 bits per heavy atom. The molecule has 2 aromatic heterocycles. The number of carbonyl (C=O) groups excluding carboxylic acids is 1. The van der Waals surface area contributed by atoms with E-state index in [4.69, 9.17) is 0 Å². The van der Waals surface area contributed by atoms with Gasteiger partial charge in [-0.15, -0.1) is 0 Å². The second-order valence-corrected chi connectivity index (χ2v) is 6.02. The second kappa shape index (κ2) is 6.84. The van der Waals surface area contributed by atoms with Crippen molar-refractivity contribution in [3.8, 4) is 0 Å². The fourth-order valence-electron chi connectivity index (χ4n) is 2.71. The Morgan fingerprint density at radius 1 is 1.24 bits per heavy atom. The minimum atomic E-state index is -0.343. The van der Waals surface area contributed by atoms with Crippen LogP contribution in [0.4, 0.5) is 10.2 Å². The number of rotatable bonds is 4. The number of hydrogen-bond donors (Lipinski definition) is 1. The van der Waals surface area contributed by atoms with Crippen LogP contribution >= 0.6 is 0 Å². The maximum absolute atomic E-state index is 13.3. The Labute approximate surface area is 145 Å². The van der Waals surface area contributed by atoms with Gasteiger partial charge in [0.25, 0.3) is 5.91 Å². The molecule has 1 N–H and O–H groups in total. The summed E-state index contributed by atoms with van der Waals surface area (Å²) in [5.41, 5.74) is 2.51. The van der Waals surface area contributed by atoms with Crippen molar-refractivity contribution in [2.45, 2.75) is 13.5 Å². The summed E-state index contributed by atoms with van der Waals surface area (Å²) in [5.74, 6) is 0.251. The highest BCUT2D eigenvalue weighted by molar-refractivity contribution is 5.98. The molecule has 5 nitrogen and oxygen atoms in total. The maximum Gasteiger partial charge on any atom is 0.253 e. The van der Waals surface area contributed by atoms with E-state index in [-0.39, 0.29) is 11.7 Å². The minimum Gasteiger partial charge on any atom is -0.362 e. The monoisotopic (exact) mass is 338 g/mol. The van der Waals surface area contributed by atoms with Crippen LogP contribution in [0, 0.1) is 12.7 Å². The molecule has 0 unspecified atom stereocenters. The summed E-state index contributed by atoms with van der Waals surface area (Å²) in [4.78, 5) is 23.1. The van der Waals surface area contributed by atoms with Crippen molar-refractivity contribution < 1.29 is 9.18 Å². The summed E-state index contributed by atoms with van der Waals surface area (Å²) in [5, 5.41) is 3.64. The quantitative estimate of drug-likeness (QED) is 0.794. The lowest BCUT2D eigenvalue weighted by Crippen LogP contribution is -2.25. The van der Waals surface area contributed by atoms with E-state index in [1.54, 1.807) is 25.3 Å². The molecule has 1 aromatic carbocycles. The highest BCUT2D eigenvalue weighted by Gasteiger charge is 2.13. The molecule has 0 bridgehead atoms. The molecule has 3 aromatic rings. The van der Waals surface area contributed by atoms with Gasteiger partial charge in [-0.3, -0.25) is 9.78 Å². The first-order chi connectivity index (χ1) is 12.0. The van der Waals surface area contributed by atoms with Gasteiger partial charge in [0.1, 0.15) is 11.6 Å². The molecule has 2 heterocycles. The molecule has 0 radical (unpaired) electrons. The highest BCUT2D eigenvalue weighted by atomic mass is 19.1. The number of nitrogens with one attached hydrogen (secondary N) is 1. The first-order valence-corrected chi connectivity index (χ1v) is 7.92. The number of fused-ring (bicyclic) bond motifs is 1. The molecule has 0 saturated heterocycles. The zero-order chi connectivity index (χ0) is 18.0. The zero-order valence-electron chi connectivity index (χ0n) is 14.4. The van der Waals surface area contributed by atoms with Crippen molar-refractivity contribution in [1.29, 1.82) is 0 Å². The number of aryl methyl sites for hydroxylation is 1. The number of hydrogen-bond acceptors (Lipinski definition) is 4. The lowest BCUT2D eigenvalue weighted by molar-refractivity contribution is 0.0950. The third-order valence-corrected chi connectivity index (χ3v) is 3.95. The van der Waals surface area contributed by atoms with Crippen molar-refractivity contribution >= 4 is 22.6 Å². The Hall–Kier alpha value is -3.02. The lowest BCUT2D eigenvalue weighted by Gasteiger charge is -2.16. The predicted octanol–water partition coefficient (Wildman–Crippen LogP) is 3.07. The number of anilines is 1. The Balaban J connectivity index is 1.83. The van der Waals surface area contributed by atoms with Crippen molar-refractivity contribution in [2.75, 3.05) is 19.0 Å².